The Morgan fingerprint density at radius 2 is 1.92 bits per heavy atom. The summed E-state index contributed by atoms with van der Waals surface area (Å²) in [4.78, 5) is 39.4. The molecule has 4 heterocycles. The van der Waals surface area contributed by atoms with Gasteiger partial charge in [0.1, 0.15) is 0 Å². The van der Waals surface area contributed by atoms with Crippen molar-refractivity contribution in [3.8, 4) is 0 Å². The van der Waals surface area contributed by atoms with Crippen LogP contribution in [0.2, 0.25) is 5.15 Å². The zero-order valence-corrected chi connectivity index (χ0v) is 20.3. The lowest BCUT2D eigenvalue weighted by molar-refractivity contribution is -0.132. The number of H-pyrrole nitrogens is 1. The van der Waals surface area contributed by atoms with Crippen molar-refractivity contribution in [2.45, 2.75) is 37.6 Å². The summed E-state index contributed by atoms with van der Waals surface area (Å²) in [5.74, 6) is -0.258. The van der Waals surface area contributed by atoms with E-state index < -0.39 is 5.91 Å². The van der Waals surface area contributed by atoms with E-state index in [9.17, 15) is 9.59 Å². The molecule has 2 aliphatic heterocycles. The number of nitrogens with zero attached hydrogens (tertiary/aromatic N) is 5. The minimum absolute atomic E-state index is 0.0443. The van der Waals surface area contributed by atoms with Crippen LogP contribution in [0.15, 0.2) is 29.3 Å². The van der Waals surface area contributed by atoms with Crippen molar-refractivity contribution < 1.29 is 9.59 Å². The van der Waals surface area contributed by atoms with Gasteiger partial charge in [-0.15, -0.1) is 0 Å². The minimum atomic E-state index is -0.581. The van der Waals surface area contributed by atoms with Crippen molar-refractivity contribution in [1.29, 1.82) is 0 Å². The Morgan fingerprint density at radius 3 is 2.72 bits per heavy atom. The number of nitrogens with two attached hydrogens (primary N) is 2. The molecule has 1 spiro atoms. The van der Waals surface area contributed by atoms with Crippen LogP contribution in [0.25, 0.3) is 10.9 Å². The monoisotopic (exact) mass is 510 g/mol. The first kappa shape index (κ1) is 23.8. The van der Waals surface area contributed by atoms with Gasteiger partial charge in [-0.3, -0.25) is 25.0 Å². The van der Waals surface area contributed by atoms with Gasteiger partial charge in [0, 0.05) is 30.6 Å². The molecule has 0 unspecified atom stereocenters. The maximum absolute atomic E-state index is 12.8. The lowest BCUT2D eigenvalue weighted by atomic mass is 9.88. The van der Waals surface area contributed by atoms with E-state index in [0.29, 0.717) is 32.0 Å². The molecule has 2 aliphatic rings. The van der Waals surface area contributed by atoms with Crippen molar-refractivity contribution in [3.05, 3.63) is 40.8 Å². The fraction of sp³-hybridized carbons (Fsp3) is 0.391. The molecule has 36 heavy (non-hydrogen) atoms. The quantitative estimate of drug-likeness (QED) is 0.340. The predicted molar refractivity (Wildman–Crippen MR) is 136 cm³/mol. The largest absolute Gasteiger partial charge is 0.382 e. The highest BCUT2D eigenvalue weighted by Crippen LogP contribution is 2.27. The number of carbonyl (C=O) groups excluding carboxylic acids is 2. The summed E-state index contributed by atoms with van der Waals surface area (Å²) in [6, 6.07) is 7.96. The molecule has 0 saturated carbocycles. The lowest BCUT2D eigenvalue weighted by Gasteiger charge is -2.39. The molecule has 1 saturated heterocycles. The van der Waals surface area contributed by atoms with Gasteiger partial charge < -0.3 is 21.7 Å². The van der Waals surface area contributed by atoms with Crippen molar-refractivity contribution in [3.63, 3.8) is 0 Å². The number of hydrogen-bond donors (Lipinski definition) is 5. The van der Waals surface area contributed by atoms with Gasteiger partial charge in [-0.1, -0.05) is 29.8 Å². The molecule has 0 bridgehead atoms. The van der Waals surface area contributed by atoms with E-state index in [4.69, 9.17) is 23.1 Å². The van der Waals surface area contributed by atoms with Gasteiger partial charge in [0.2, 0.25) is 5.91 Å². The maximum Gasteiger partial charge on any atom is 0.280 e. The second kappa shape index (κ2) is 9.61. The van der Waals surface area contributed by atoms with Crippen LogP contribution in [0.4, 0.5) is 11.6 Å². The lowest BCUT2D eigenvalue weighted by Crippen LogP contribution is -2.56. The van der Waals surface area contributed by atoms with Gasteiger partial charge in [0.15, 0.2) is 28.4 Å². The highest BCUT2D eigenvalue weighted by molar-refractivity contribution is 6.31. The number of nitrogen functional groups attached to an aromatic ring is 2. The number of aryl methyl sites for hydroxylation is 1. The minimum Gasteiger partial charge on any atom is -0.382 e. The molecule has 0 aliphatic carbocycles. The van der Waals surface area contributed by atoms with Crippen LogP contribution in [0.3, 0.4) is 0 Å². The molecular formula is C23H27ClN10O2. The molecular weight excluding hydrogens is 484 g/mol. The third kappa shape index (κ3) is 4.76. The number of hydrogen-bond acceptors (Lipinski definition) is 9. The van der Waals surface area contributed by atoms with Crippen molar-refractivity contribution in [1.82, 2.24) is 35.7 Å². The molecule has 0 radical (unpaired) electrons. The summed E-state index contributed by atoms with van der Waals surface area (Å²) in [5, 5.41) is 14.4. The molecule has 3 aromatic rings. The third-order valence-electron chi connectivity index (χ3n) is 6.71. The van der Waals surface area contributed by atoms with E-state index in [1.807, 2.05) is 29.2 Å². The first-order valence-corrected chi connectivity index (χ1v) is 12.1. The van der Waals surface area contributed by atoms with Gasteiger partial charge in [-0.25, -0.2) is 9.97 Å². The van der Waals surface area contributed by atoms with Gasteiger partial charge >= 0.3 is 0 Å². The van der Waals surface area contributed by atoms with Crippen LogP contribution in [0, 0.1) is 0 Å². The standard InChI is InChI=1S/C23H27ClN10O2/c24-18-20(26)29-19(25)17(28-18)21(36)30-22-27-12-23(31-22)8-10-34(11-9-23)16(35)7-3-6-15-13-4-1-2-5-14(13)32-33-15/h1-2,4-5H,3,6-12H2,(H,32,33)(H4,25,26,29)(H2,27,30,31,36). The summed E-state index contributed by atoms with van der Waals surface area (Å²) in [5.41, 5.74) is 12.9. The molecule has 5 rings (SSSR count). The fourth-order valence-corrected chi connectivity index (χ4v) is 4.78. The van der Waals surface area contributed by atoms with Gasteiger partial charge in [0.05, 0.1) is 17.6 Å². The number of aliphatic imine (C=N–C) groups is 1. The zero-order valence-electron chi connectivity index (χ0n) is 19.6. The number of nitrogens with one attached hydrogen (secondary N) is 3. The maximum atomic E-state index is 12.8. The Hall–Kier alpha value is -3.93. The number of benzene rings is 1. The second-order valence-electron chi connectivity index (χ2n) is 9.11. The van der Waals surface area contributed by atoms with Crippen LogP contribution in [0.1, 0.15) is 41.9 Å². The highest BCUT2D eigenvalue weighted by Gasteiger charge is 2.40. The predicted octanol–water partition coefficient (Wildman–Crippen LogP) is 1.24. The van der Waals surface area contributed by atoms with Crippen molar-refractivity contribution in [2.24, 2.45) is 4.99 Å². The summed E-state index contributed by atoms with van der Waals surface area (Å²) >= 11 is 5.87. The van der Waals surface area contributed by atoms with Crippen LogP contribution in [-0.2, 0) is 11.2 Å². The number of aromatic nitrogens is 4. The second-order valence-corrected chi connectivity index (χ2v) is 9.47. The Labute approximate surface area is 211 Å². The van der Waals surface area contributed by atoms with E-state index in [1.165, 1.54) is 0 Å². The summed E-state index contributed by atoms with van der Waals surface area (Å²) in [6.07, 6.45) is 3.46. The first-order valence-electron chi connectivity index (χ1n) is 11.8. The smallest absolute Gasteiger partial charge is 0.280 e. The molecule has 0 atom stereocenters. The number of piperidine rings is 1. The van der Waals surface area contributed by atoms with E-state index in [-0.39, 0.29) is 33.9 Å². The van der Waals surface area contributed by atoms with Gasteiger partial charge in [-0.2, -0.15) is 5.10 Å². The Kier molecular flexibility index (Phi) is 6.35. The average molecular weight is 511 g/mol. The van der Waals surface area contributed by atoms with Crippen LogP contribution in [0.5, 0.6) is 0 Å². The number of carbonyl (C=O) groups is 2. The fourth-order valence-electron chi connectivity index (χ4n) is 4.65. The molecule has 188 valence electrons. The molecule has 12 nitrogen and oxygen atoms in total. The van der Waals surface area contributed by atoms with Crippen molar-refractivity contribution >= 4 is 51.9 Å². The number of anilines is 2. The van der Waals surface area contributed by atoms with E-state index >= 15 is 0 Å². The number of para-hydroxylation sites is 1. The number of rotatable bonds is 5. The molecule has 7 N–H and O–H groups in total. The SMILES string of the molecule is Nc1nc(N)c(C(=O)NC2=NCC3(CCN(C(=O)CCCc4[nH]nc5ccccc45)CC3)N2)nc1Cl. The Balaban J connectivity index is 1.09. The normalized spacial score (nSPS) is 16.7. The number of likely N-dealkylation sites (tertiary alicyclic amines) is 1. The van der Waals surface area contributed by atoms with E-state index in [0.717, 1.165) is 42.3 Å². The number of halogens is 1. The molecule has 1 aromatic carbocycles. The summed E-state index contributed by atoms with van der Waals surface area (Å²) < 4.78 is 0. The highest BCUT2D eigenvalue weighted by atomic mass is 35.5. The van der Waals surface area contributed by atoms with Crippen LogP contribution in [-0.4, -0.2) is 68.0 Å². The van der Waals surface area contributed by atoms with E-state index in [2.05, 4.69) is 35.8 Å². The van der Waals surface area contributed by atoms with Gasteiger partial charge in [0.25, 0.3) is 5.91 Å². The first-order chi connectivity index (χ1) is 17.3. The summed E-state index contributed by atoms with van der Waals surface area (Å²) in [6.45, 7) is 1.75. The number of aromatic amines is 1. The molecule has 13 heteroatoms. The number of fused-ring (bicyclic) bond motifs is 1. The molecule has 2 amide bonds. The number of amides is 2. The van der Waals surface area contributed by atoms with Crippen molar-refractivity contribution in [2.75, 3.05) is 31.1 Å². The molecule has 2 aromatic heterocycles. The topological polar surface area (TPSA) is 180 Å². The number of guanidine groups is 1. The third-order valence-corrected chi connectivity index (χ3v) is 6.98. The molecule has 1 fully saturated rings. The van der Waals surface area contributed by atoms with Crippen LogP contribution < -0.4 is 22.1 Å². The van der Waals surface area contributed by atoms with E-state index in [1.54, 1.807) is 0 Å². The Bertz CT molecular complexity index is 1350. The summed E-state index contributed by atoms with van der Waals surface area (Å²) in [7, 11) is 0. The average Bonchev–Trinajstić information content (AvgIpc) is 3.46. The van der Waals surface area contributed by atoms with Crippen LogP contribution >= 0.6 is 11.6 Å². The Morgan fingerprint density at radius 1 is 1.14 bits per heavy atom. The zero-order chi connectivity index (χ0) is 25.3. The van der Waals surface area contributed by atoms with Gasteiger partial charge in [-0.05, 0) is 31.7 Å².